The van der Waals surface area contributed by atoms with Crippen LogP contribution in [0.1, 0.15) is 12.5 Å². The van der Waals surface area contributed by atoms with Crippen molar-refractivity contribution in [3.05, 3.63) is 42.8 Å². The number of halogens is 4. The maximum atomic E-state index is 6.10. The first-order chi connectivity index (χ1) is 10.4. The lowest BCUT2D eigenvalue weighted by molar-refractivity contribution is 0.615. The Balaban J connectivity index is 2.29. The first kappa shape index (κ1) is 16.1. The van der Waals surface area contributed by atoms with Crippen molar-refractivity contribution in [2.24, 2.45) is 0 Å². The molecule has 0 fully saturated rings. The van der Waals surface area contributed by atoms with Crippen molar-refractivity contribution >= 4 is 71.8 Å². The first-order valence-electron chi connectivity index (χ1n) is 6.45. The number of nitrogens with two attached hydrogens (primary N) is 1. The van der Waals surface area contributed by atoms with E-state index in [2.05, 4.69) is 36.8 Å². The number of rotatable bonds is 2. The summed E-state index contributed by atoms with van der Waals surface area (Å²) in [6, 6.07) is 5.26. The zero-order chi connectivity index (χ0) is 16.0. The molecular formula is C15H10Br2Cl2N2O. The fourth-order valence-electron chi connectivity index (χ4n) is 2.23. The molecule has 1 aromatic heterocycles. The molecule has 0 aliphatic heterocycles. The Morgan fingerprint density at radius 1 is 1.18 bits per heavy atom. The third-order valence-corrected chi connectivity index (χ3v) is 5.81. The third kappa shape index (κ3) is 2.54. The van der Waals surface area contributed by atoms with E-state index in [9.17, 15) is 0 Å². The summed E-state index contributed by atoms with van der Waals surface area (Å²) < 4.78 is 7.49. The number of fused-ring (bicyclic) bond motifs is 1. The minimum Gasteiger partial charge on any atom is -0.436 e. The minimum absolute atomic E-state index is 0.455. The largest absolute Gasteiger partial charge is 0.436 e. The number of aryl methyl sites for hydroxylation is 1. The predicted molar refractivity (Wildman–Crippen MR) is 98.7 cm³/mol. The quantitative estimate of drug-likeness (QED) is 0.442. The maximum Gasteiger partial charge on any atom is 0.227 e. The molecule has 22 heavy (non-hydrogen) atoms. The van der Waals surface area contributed by atoms with Crippen molar-refractivity contribution in [1.29, 1.82) is 0 Å². The van der Waals surface area contributed by atoms with Gasteiger partial charge in [0.25, 0.3) is 0 Å². The van der Waals surface area contributed by atoms with Gasteiger partial charge in [-0.1, -0.05) is 30.1 Å². The Morgan fingerprint density at radius 2 is 1.91 bits per heavy atom. The molecule has 7 heteroatoms. The highest BCUT2D eigenvalue weighted by molar-refractivity contribution is 9.11. The topological polar surface area (TPSA) is 52.0 Å². The van der Waals surface area contributed by atoms with Gasteiger partial charge in [0.15, 0.2) is 5.58 Å². The fourth-order valence-corrected chi connectivity index (χ4v) is 3.92. The molecule has 3 aromatic rings. The number of hydrogen-bond donors (Lipinski definition) is 1. The van der Waals surface area contributed by atoms with Crippen LogP contribution in [-0.2, 0) is 6.42 Å². The average Bonchev–Trinajstić information content (AvgIpc) is 2.93. The molecule has 0 spiro atoms. The summed E-state index contributed by atoms with van der Waals surface area (Å²) in [5.74, 6) is 0.474. The Labute approximate surface area is 154 Å². The van der Waals surface area contributed by atoms with E-state index in [1.54, 1.807) is 12.1 Å². The van der Waals surface area contributed by atoms with E-state index in [0.717, 1.165) is 22.0 Å². The summed E-state index contributed by atoms with van der Waals surface area (Å²) >= 11 is 19.0. The number of benzene rings is 2. The van der Waals surface area contributed by atoms with Gasteiger partial charge in [-0.25, -0.2) is 4.98 Å². The average molecular weight is 465 g/mol. The summed E-state index contributed by atoms with van der Waals surface area (Å²) in [4.78, 5) is 4.55. The molecular weight excluding hydrogens is 455 g/mol. The molecule has 2 aromatic carbocycles. The van der Waals surface area contributed by atoms with E-state index in [4.69, 9.17) is 33.4 Å². The van der Waals surface area contributed by atoms with Crippen LogP contribution in [0.2, 0.25) is 10.0 Å². The van der Waals surface area contributed by atoms with E-state index >= 15 is 0 Å². The van der Waals surface area contributed by atoms with Crippen molar-refractivity contribution in [3.63, 3.8) is 0 Å². The summed E-state index contributed by atoms with van der Waals surface area (Å²) in [6.45, 7) is 2.04. The molecule has 0 saturated heterocycles. The zero-order valence-corrected chi connectivity index (χ0v) is 16.1. The van der Waals surface area contributed by atoms with Crippen LogP contribution in [0.15, 0.2) is 31.6 Å². The summed E-state index contributed by atoms with van der Waals surface area (Å²) in [5.41, 5.74) is 9.85. The Morgan fingerprint density at radius 3 is 2.55 bits per heavy atom. The van der Waals surface area contributed by atoms with E-state index in [1.807, 2.05) is 13.0 Å². The Hall–Kier alpha value is -0.750. The number of oxazole rings is 1. The lowest BCUT2D eigenvalue weighted by atomic mass is 10.1. The standard InChI is InChI=1S/C15H10Br2Cl2N2O/c1-2-7-10(16)12(20)11(17)13-14(7)22-15(21-13)6-3-4-8(18)9(19)5-6/h3-5H,2,20H2,1H3. The van der Waals surface area contributed by atoms with Crippen molar-refractivity contribution < 1.29 is 4.42 Å². The lowest BCUT2D eigenvalue weighted by Crippen LogP contribution is -1.94. The molecule has 0 radical (unpaired) electrons. The molecule has 114 valence electrons. The van der Waals surface area contributed by atoms with Crippen LogP contribution in [0, 0.1) is 0 Å². The van der Waals surface area contributed by atoms with Crippen molar-refractivity contribution in [1.82, 2.24) is 4.98 Å². The highest BCUT2D eigenvalue weighted by atomic mass is 79.9. The molecule has 0 saturated carbocycles. The normalized spacial score (nSPS) is 11.3. The maximum absolute atomic E-state index is 6.10. The molecule has 3 nitrogen and oxygen atoms in total. The van der Waals surface area contributed by atoms with E-state index in [0.29, 0.717) is 37.2 Å². The van der Waals surface area contributed by atoms with Crippen molar-refractivity contribution in [3.8, 4) is 11.5 Å². The number of nitrogens with zero attached hydrogens (tertiary/aromatic N) is 1. The van der Waals surface area contributed by atoms with E-state index < -0.39 is 0 Å². The highest BCUT2D eigenvalue weighted by Gasteiger charge is 2.20. The van der Waals surface area contributed by atoms with Crippen molar-refractivity contribution in [2.75, 3.05) is 5.73 Å². The van der Waals surface area contributed by atoms with Gasteiger partial charge in [0.05, 0.1) is 20.2 Å². The van der Waals surface area contributed by atoms with Gasteiger partial charge in [-0.15, -0.1) is 0 Å². The number of aromatic nitrogens is 1. The minimum atomic E-state index is 0.455. The summed E-state index contributed by atoms with van der Waals surface area (Å²) in [6.07, 6.45) is 0.768. The Kier molecular flexibility index (Phi) is 4.42. The van der Waals surface area contributed by atoms with Crippen LogP contribution in [0.5, 0.6) is 0 Å². The molecule has 0 aliphatic rings. The predicted octanol–water partition coefficient (Wildman–Crippen LogP) is 6.47. The van der Waals surface area contributed by atoms with E-state index in [1.165, 1.54) is 0 Å². The Bertz CT molecular complexity index is 893. The first-order valence-corrected chi connectivity index (χ1v) is 8.79. The van der Waals surface area contributed by atoms with Gasteiger partial charge in [0.2, 0.25) is 5.89 Å². The smallest absolute Gasteiger partial charge is 0.227 e. The number of nitrogen functional groups attached to an aromatic ring is 1. The van der Waals surface area contributed by atoms with Gasteiger partial charge >= 0.3 is 0 Å². The zero-order valence-electron chi connectivity index (χ0n) is 11.4. The molecule has 0 atom stereocenters. The van der Waals surface area contributed by atoms with Gasteiger partial charge in [-0.3, -0.25) is 0 Å². The third-order valence-electron chi connectivity index (χ3n) is 3.37. The molecule has 0 amide bonds. The number of anilines is 1. The van der Waals surface area contributed by atoms with Crippen LogP contribution in [0.25, 0.3) is 22.6 Å². The molecule has 0 unspecified atom stereocenters. The molecule has 0 aliphatic carbocycles. The van der Waals surface area contributed by atoms with Crippen LogP contribution in [-0.4, -0.2) is 4.98 Å². The van der Waals surface area contributed by atoms with Crippen LogP contribution in [0.4, 0.5) is 5.69 Å². The monoisotopic (exact) mass is 462 g/mol. The summed E-state index contributed by atoms with van der Waals surface area (Å²) in [7, 11) is 0. The van der Waals surface area contributed by atoms with Gasteiger partial charge in [0, 0.05) is 15.6 Å². The van der Waals surface area contributed by atoms with Gasteiger partial charge in [-0.05, 0) is 56.5 Å². The second-order valence-electron chi connectivity index (χ2n) is 4.70. The lowest BCUT2D eigenvalue weighted by Gasteiger charge is -2.07. The van der Waals surface area contributed by atoms with Crippen LogP contribution in [0.3, 0.4) is 0 Å². The van der Waals surface area contributed by atoms with Gasteiger partial charge < -0.3 is 10.2 Å². The second-order valence-corrected chi connectivity index (χ2v) is 7.10. The van der Waals surface area contributed by atoms with Gasteiger partial charge in [-0.2, -0.15) is 0 Å². The van der Waals surface area contributed by atoms with Gasteiger partial charge in [0.1, 0.15) is 5.52 Å². The van der Waals surface area contributed by atoms with Crippen molar-refractivity contribution in [2.45, 2.75) is 13.3 Å². The highest BCUT2D eigenvalue weighted by Crippen LogP contribution is 2.41. The number of hydrogen-bond acceptors (Lipinski definition) is 3. The van der Waals surface area contributed by atoms with Crippen LogP contribution < -0.4 is 5.73 Å². The SMILES string of the molecule is CCc1c(Br)c(N)c(Br)c2nc(-c3ccc(Cl)c(Cl)c3)oc12. The van der Waals surface area contributed by atoms with Crippen LogP contribution >= 0.6 is 55.1 Å². The molecule has 1 heterocycles. The second kappa shape index (κ2) is 6.04. The molecule has 2 N–H and O–H groups in total. The molecule has 0 bridgehead atoms. The summed E-state index contributed by atoms with van der Waals surface area (Å²) in [5, 5.41) is 0.945. The van der Waals surface area contributed by atoms with E-state index in [-0.39, 0.29) is 0 Å². The molecule has 3 rings (SSSR count). The fraction of sp³-hybridized carbons (Fsp3) is 0.133.